The van der Waals surface area contributed by atoms with Crippen LogP contribution in [0.4, 0.5) is 0 Å². The van der Waals surface area contributed by atoms with Crippen molar-refractivity contribution in [3.63, 3.8) is 0 Å². The lowest BCUT2D eigenvalue weighted by molar-refractivity contribution is -0.139. The number of rotatable bonds is 2. The molecule has 4 heteroatoms. The number of carbonyl (C=O) groups is 1. The molecule has 2 N–H and O–H groups in total. The number of pyridine rings is 1. The number of hydrogen-bond acceptors (Lipinski definition) is 3. The van der Waals surface area contributed by atoms with Crippen molar-refractivity contribution in [2.75, 3.05) is 0 Å². The molecule has 2 heterocycles. The van der Waals surface area contributed by atoms with Crippen molar-refractivity contribution in [3.8, 4) is 0 Å². The molecule has 18 heavy (non-hydrogen) atoms. The maximum Gasteiger partial charge on any atom is 0.320 e. The first-order valence-electron chi connectivity index (χ1n) is 6.07. The van der Waals surface area contributed by atoms with Crippen molar-refractivity contribution in [1.82, 2.24) is 10.3 Å². The Morgan fingerprint density at radius 2 is 2.22 bits per heavy atom. The summed E-state index contributed by atoms with van der Waals surface area (Å²) in [6, 6.07) is 7.76. The second-order valence-electron chi connectivity index (χ2n) is 4.63. The van der Waals surface area contributed by atoms with Gasteiger partial charge in [-0.1, -0.05) is 18.2 Å². The smallest absolute Gasteiger partial charge is 0.320 e. The Morgan fingerprint density at radius 1 is 1.33 bits per heavy atom. The normalized spacial score (nSPS) is 23.3. The van der Waals surface area contributed by atoms with Crippen molar-refractivity contribution >= 4 is 16.7 Å². The number of fused-ring (bicyclic) bond motifs is 1. The van der Waals surface area contributed by atoms with Crippen LogP contribution in [0.25, 0.3) is 10.8 Å². The van der Waals surface area contributed by atoms with E-state index in [9.17, 15) is 4.79 Å². The van der Waals surface area contributed by atoms with Crippen molar-refractivity contribution in [2.24, 2.45) is 0 Å². The lowest BCUT2D eigenvalue weighted by Crippen LogP contribution is -2.31. The highest BCUT2D eigenvalue weighted by Crippen LogP contribution is 2.31. The van der Waals surface area contributed by atoms with Gasteiger partial charge in [-0.15, -0.1) is 0 Å². The number of hydrogen-bond donors (Lipinski definition) is 2. The van der Waals surface area contributed by atoms with Crippen LogP contribution in [-0.4, -0.2) is 22.1 Å². The predicted molar refractivity (Wildman–Crippen MR) is 68.3 cm³/mol. The van der Waals surface area contributed by atoms with E-state index in [2.05, 4.69) is 16.4 Å². The molecular formula is C14H14N2O2. The van der Waals surface area contributed by atoms with Gasteiger partial charge in [0.1, 0.15) is 6.04 Å². The molecule has 1 fully saturated rings. The zero-order valence-corrected chi connectivity index (χ0v) is 9.84. The fourth-order valence-electron chi connectivity index (χ4n) is 2.63. The third-order valence-electron chi connectivity index (χ3n) is 3.53. The standard InChI is InChI=1S/C14H14N2O2/c17-14(18)13-5-4-12(16-13)11-3-1-2-9-8-15-7-6-10(9)11/h1-3,6-8,12-13,16H,4-5H2,(H,17,18). The fourth-order valence-corrected chi connectivity index (χ4v) is 2.63. The summed E-state index contributed by atoms with van der Waals surface area (Å²) in [5, 5.41) is 14.4. The summed E-state index contributed by atoms with van der Waals surface area (Å²) in [5.41, 5.74) is 1.17. The molecule has 4 nitrogen and oxygen atoms in total. The summed E-state index contributed by atoms with van der Waals surface area (Å²) < 4.78 is 0. The second-order valence-corrected chi connectivity index (χ2v) is 4.63. The van der Waals surface area contributed by atoms with Gasteiger partial charge in [0.05, 0.1) is 0 Å². The third kappa shape index (κ3) is 1.84. The van der Waals surface area contributed by atoms with Crippen LogP contribution in [-0.2, 0) is 4.79 Å². The highest BCUT2D eigenvalue weighted by atomic mass is 16.4. The largest absolute Gasteiger partial charge is 0.480 e. The van der Waals surface area contributed by atoms with E-state index in [-0.39, 0.29) is 6.04 Å². The fraction of sp³-hybridized carbons (Fsp3) is 0.286. The number of aromatic nitrogens is 1. The van der Waals surface area contributed by atoms with Gasteiger partial charge in [-0.3, -0.25) is 15.1 Å². The van der Waals surface area contributed by atoms with E-state index < -0.39 is 12.0 Å². The Morgan fingerprint density at radius 3 is 3.00 bits per heavy atom. The molecule has 0 aliphatic carbocycles. The molecular weight excluding hydrogens is 228 g/mol. The SMILES string of the molecule is O=C(O)C1CCC(c2cccc3cnccc23)N1. The van der Waals surface area contributed by atoms with E-state index in [0.29, 0.717) is 6.42 Å². The van der Waals surface area contributed by atoms with Gasteiger partial charge in [0.25, 0.3) is 0 Å². The minimum atomic E-state index is -0.764. The summed E-state index contributed by atoms with van der Waals surface area (Å²) in [7, 11) is 0. The molecule has 0 saturated carbocycles. The molecule has 92 valence electrons. The van der Waals surface area contributed by atoms with E-state index in [1.54, 1.807) is 6.20 Å². The van der Waals surface area contributed by atoms with Crippen LogP contribution in [0, 0.1) is 0 Å². The van der Waals surface area contributed by atoms with Gasteiger partial charge in [0.15, 0.2) is 0 Å². The Balaban J connectivity index is 1.98. The number of nitrogens with zero attached hydrogens (tertiary/aromatic N) is 1. The lowest BCUT2D eigenvalue weighted by atomic mass is 9.99. The summed E-state index contributed by atoms with van der Waals surface area (Å²) in [6.45, 7) is 0. The quantitative estimate of drug-likeness (QED) is 0.846. The number of carboxylic acids is 1. The summed E-state index contributed by atoms with van der Waals surface area (Å²) in [5.74, 6) is -0.764. The first kappa shape index (κ1) is 11.2. The first-order valence-corrected chi connectivity index (χ1v) is 6.07. The molecule has 1 saturated heterocycles. The second kappa shape index (κ2) is 4.38. The van der Waals surface area contributed by atoms with Crippen LogP contribution in [0.3, 0.4) is 0 Å². The van der Waals surface area contributed by atoms with E-state index in [0.717, 1.165) is 17.2 Å². The average Bonchev–Trinajstić information content (AvgIpc) is 2.87. The minimum Gasteiger partial charge on any atom is -0.480 e. The molecule has 2 aromatic rings. The molecule has 2 atom stereocenters. The van der Waals surface area contributed by atoms with Crippen LogP contribution < -0.4 is 5.32 Å². The van der Waals surface area contributed by atoms with Gasteiger partial charge in [-0.05, 0) is 29.9 Å². The van der Waals surface area contributed by atoms with Crippen LogP contribution in [0.2, 0.25) is 0 Å². The van der Waals surface area contributed by atoms with E-state index in [1.807, 2.05) is 24.4 Å². The van der Waals surface area contributed by atoms with E-state index in [4.69, 9.17) is 5.11 Å². The Labute approximate surface area is 105 Å². The maximum absolute atomic E-state index is 11.0. The highest BCUT2D eigenvalue weighted by Gasteiger charge is 2.30. The molecule has 3 rings (SSSR count). The van der Waals surface area contributed by atoms with E-state index in [1.165, 1.54) is 5.56 Å². The lowest BCUT2D eigenvalue weighted by Gasteiger charge is -2.14. The van der Waals surface area contributed by atoms with Gasteiger partial charge in [-0.2, -0.15) is 0 Å². The van der Waals surface area contributed by atoms with E-state index >= 15 is 0 Å². The summed E-state index contributed by atoms with van der Waals surface area (Å²) in [6.07, 6.45) is 5.15. The number of aliphatic carboxylic acids is 1. The van der Waals surface area contributed by atoms with Gasteiger partial charge < -0.3 is 5.11 Å². The minimum absolute atomic E-state index is 0.122. The van der Waals surface area contributed by atoms with Gasteiger partial charge in [-0.25, -0.2) is 0 Å². The molecule has 0 bridgehead atoms. The van der Waals surface area contributed by atoms with Gasteiger partial charge >= 0.3 is 5.97 Å². The molecule has 1 aliphatic heterocycles. The van der Waals surface area contributed by atoms with Gasteiger partial charge in [0.2, 0.25) is 0 Å². The molecule has 1 aromatic carbocycles. The average molecular weight is 242 g/mol. The summed E-state index contributed by atoms with van der Waals surface area (Å²) >= 11 is 0. The molecule has 1 aliphatic rings. The molecule has 0 spiro atoms. The Hall–Kier alpha value is -1.94. The summed E-state index contributed by atoms with van der Waals surface area (Å²) in [4.78, 5) is 15.1. The van der Waals surface area contributed by atoms with Crippen LogP contribution in [0.1, 0.15) is 24.4 Å². The number of benzene rings is 1. The van der Waals surface area contributed by atoms with Crippen LogP contribution >= 0.6 is 0 Å². The molecule has 0 radical (unpaired) electrons. The molecule has 2 unspecified atom stereocenters. The van der Waals surface area contributed by atoms with Crippen LogP contribution in [0.5, 0.6) is 0 Å². The predicted octanol–water partition coefficient (Wildman–Crippen LogP) is 2.11. The number of carboxylic acid groups (broad SMARTS) is 1. The van der Waals surface area contributed by atoms with Crippen molar-refractivity contribution in [1.29, 1.82) is 0 Å². The zero-order chi connectivity index (χ0) is 12.5. The zero-order valence-electron chi connectivity index (χ0n) is 9.84. The topological polar surface area (TPSA) is 62.2 Å². The highest BCUT2D eigenvalue weighted by molar-refractivity contribution is 5.85. The number of nitrogens with one attached hydrogen (secondary N) is 1. The van der Waals surface area contributed by atoms with Crippen molar-refractivity contribution in [3.05, 3.63) is 42.2 Å². The van der Waals surface area contributed by atoms with Crippen LogP contribution in [0.15, 0.2) is 36.7 Å². The molecule has 0 amide bonds. The molecule has 1 aromatic heterocycles. The van der Waals surface area contributed by atoms with Crippen molar-refractivity contribution in [2.45, 2.75) is 24.9 Å². The maximum atomic E-state index is 11.0. The first-order chi connectivity index (χ1) is 8.75. The Kier molecular flexibility index (Phi) is 2.72. The monoisotopic (exact) mass is 242 g/mol. The van der Waals surface area contributed by atoms with Crippen molar-refractivity contribution < 1.29 is 9.90 Å². The van der Waals surface area contributed by atoms with Gasteiger partial charge in [0, 0.05) is 23.8 Å². The third-order valence-corrected chi connectivity index (χ3v) is 3.53. The Bertz CT molecular complexity index is 592.